The van der Waals surface area contributed by atoms with E-state index in [1.54, 1.807) is 0 Å². The van der Waals surface area contributed by atoms with Crippen molar-refractivity contribution in [3.63, 3.8) is 0 Å². The highest BCUT2D eigenvalue weighted by Gasteiger charge is 2.05. The largest absolute Gasteiger partial charge is 0.463 e. The smallest absolute Gasteiger partial charge is 0.302 e. The Kier molecular flexibility index (Phi) is 19.2. The lowest BCUT2D eigenvalue weighted by Gasteiger charge is -2.10. The second-order valence-electron chi connectivity index (χ2n) is 7.13. The van der Waals surface area contributed by atoms with Crippen molar-refractivity contribution in [3.8, 4) is 0 Å². The van der Waals surface area contributed by atoms with Crippen LogP contribution in [0, 0.1) is 0 Å². The molecule has 1 atom stereocenters. The van der Waals surface area contributed by atoms with Gasteiger partial charge < -0.3 is 14.6 Å². The molecule has 0 aliphatic rings. The molecule has 25 heavy (non-hydrogen) atoms. The molecule has 4 nitrogen and oxygen atoms in total. The van der Waals surface area contributed by atoms with Gasteiger partial charge in [-0.2, -0.15) is 0 Å². The fourth-order valence-corrected chi connectivity index (χ4v) is 2.88. The van der Waals surface area contributed by atoms with Gasteiger partial charge in [-0.3, -0.25) is 4.79 Å². The van der Waals surface area contributed by atoms with Crippen molar-refractivity contribution in [2.45, 2.75) is 110 Å². The summed E-state index contributed by atoms with van der Waals surface area (Å²) in [5.41, 5.74) is 0. The first-order chi connectivity index (χ1) is 12.2. The summed E-state index contributed by atoms with van der Waals surface area (Å²) in [7, 11) is 0. The van der Waals surface area contributed by atoms with Crippen molar-refractivity contribution < 1.29 is 19.4 Å². The van der Waals surface area contributed by atoms with E-state index in [2.05, 4.69) is 6.92 Å². The molecule has 0 aromatic heterocycles. The minimum Gasteiger partial charge on any atom is -0.463 e. The van der Waals surface area contributed by atoms with Crippen LogP contribution in [0.4, 0.5) is 0 Å². The van der Waals surface area contributed by atoms with Crippen molar-refractivity contribution in [1.82, 2.24) is 0 Å². The van der Waals surface area contributed by atoms with Crippen LogP contribution < -0.4 is 0 Å². The molecule has 0 aliphatic carbocycles. The fraction of sp³-hybridized carbons (Fsp3) is 0.952. The van der Waals surface area contributed by atoms with Gasteiger partial charge in [-0.25, -0.2) is 0 Å². The van der Waals surface area contributed by atoms with E-state index in [1.165, 1.54) is 90.4 Å². The van der Waals surface area contributed by atoms with Gasteiger partial charge in [-0.05, 0) is 6.42 Å². The molecule has 0 fully saturated rings. The fourth-order valence-electron chi connectivity index (χ4n) is 2.88. The first-order valence-corrected chi connectivity index (χ1v) is 10.6. The molecule has 0 aromatic carbocycles. The molecule has 150 valence electrons. The maximum atomic E-state index is 10.6. The summed E-state index contributed by atoms with van der Waals surface area (Å²) in [5.74, 6) is -0.369. The van der Waals surface area contributed by atoms with Crippen LogP contribution in [-0.4, -0.2) is 37.0 Å². The summed E-state index contributed by atoms with van der Waals surface area (Å²) in [6.45, 7) is 4.54. The van der Waals surface area contributed by atoms with Crippen molar-refractivity contribution in [2.75, 3.05) is 19.8 Å². The van der Waals surface area contributed by atoms with E-state index >= 15 is 0 Å². The molecule has 4 heteroatoms. The molecule has 0 radical (unpaired) electrons. The van der Waals surface area contributed by atoms with E-state index in [9.17, 15) is 9.90 Å². The lowest BCUT2D eigenvalue weighted by molar-refractivity contribution is -0.145. The molecule has 0 aromatic rings. The monoisotopic (exact) mass is 358 g/mol. The second-order valence-corrected chi connectivity index (χ2v) is 7.13. The summed E-state index contributed by atoms with van der Waals surface area (Å²) in [5, 5.41) is 9.51. The number of carbonyl (C=O) groups excluding carboxylic acids is 1. The maximum Gasteiger partial charge on any atom is 0.302 e. The number of aliphatic hydroxyl groups excluding tert-OH is 1. The zero-order valence-electron chi connectivity index (χ0n) is 16.8. The van der Waals surface area contributed by atoms with E-state index in [-0.39, 0.29) is 19.2 Å². The number of ether oxygens (including phenoxy) is 2. The molecule has 1 N–H and O–H groups in total. The molecule has 0 amide bonds. The highest BCUT2D eigenvalue weighted by molar-refractivity contribution is 5.65. The number of unbranched alkanes of at least 4 members (excludes halogenated alkanes) is 13. The van der Waals surface area contributed by atoms with Crippen LogP contribution >= 0.6 is 0 Å². The molecule has 0 heterocycles. The lowest BCUT2D eigenvalue weighted by atomic mass is 10.0. The quantitative estimate of drug-likeness (QED) is 0.248. The van der Waals surface area contributed by atoms with Crippen LogP contribution in [0.25, 0.3) is 0 Å². The number of rotatable bonds is 19. The first-order valence-electron chi connectivity index (χ1n) is 10.6. The number of esters is 1. The number of carbonyl (C=O) groups is 1. The third kappa shape index (κ3) is 21.3. The number of aliphatic hydroxyl groups is 1. The average Bonchev–Trinajstić information content (AvgIpc) is 2.59. The Balaban J connectivity index is 3.08. The van der Waals surface area contributed by atoms with Crippen LogP contribution in [-0.2, 0) is 14.3 Å². The predicted octanol–water partition coefficient (Wildman–Crippen LogP) is 5.41. The van der Waals surface area contributed by atoms with Crippen LogP contribution in [0.2, 0.25) is 0 Å². The van der Waals surface area contributed by atoms with Crippen molar-refractivity contribution >= 4 is 5.97 Å². The van der Waals surface area contributed by atoms with Gasteiger partial charge in [0.05, 0.1) is 6.61 Å². The van der Waals surface area contributed by atoms with Gasteiger partial charge in [0.25, 0.3) is 0 Å². The molecule has 0 unspecified atom stereocenters. The number of hydrogen-bond donors (Lipinski definition) is 1. The van der Waals surface area contributed by atoms with Gasteiger partial charge in [-0.15, -0.1) is 0 Å². The minimum absolute atomic E-state index is 0.0219. The first kappa shape index (κ1) is 24.4. The van der Waals surface area contributed by atoms with Crippen LogP contribution in [0.1, 0.15) is 104 Å². The van der Waals surface area contributed by atoms with Crippen molar-refractivity contribution in [1.29, 1.82) is 0 Å². The van der Waals surface area contributed by atoms with Crippen LogP contribution in [0.3, 0.4) is 0 Å². The Bertz CT molecular complexity index is 281. The van der Waals surface area contributed by atoms with Crippen molar-refractivity contribution in [3.05, 3.63) is 0 Å². The SMILES string of the molecule is CCCCCCCCCCCCCCCCOC[C@@H](O)COC(C)=O. The molecule has 0 aliphatic heterocycles. The summed E-state index contributed by atoms with van der Waals surface area (Å²) in [6, 6.07) is 0. The Morgan fingerprint density at radius 2 is 1.20 bits per heavy atom. The van der Waals surface area contributed by atoms with E-state index in [4.69, 9.17) is 9.47 Å². The zero-order chi connectivity index (χ0) is 18.6. The molecule has 0 bridgehead atoms. The zero-order valence-corrected chi connectivity index (χ0v) is 16.8. The van der Waals surface area contributed by atoms with Gasteiger partial charge in [0.2, 0.25) is 0 Å². The van der Waals surface area contributed by atoms with Gasteiger partial charge in [0.15, 0.2) is 0 Å². The topological polar surface area (TPSA) is 55.8 Å². The summed E-state index contributed by atoms with van der Waals surface area (Å²) < 4.78 is 10.1. The van der Waals surface area contributed by atoms with Gasteiger partial charge in [-0.1, -0.05) is 90.4 Å². The highest BCUT2D eigenvalue weighted by Crippen LogP contribution is 2.12. The van der Waals surface area contributed by atoms with E-state index in [0.29, 0.717) is 6.61 Å². The van der Waals surface area contributed by atoms with E-state index in [1.807, 2.05) is 0 Å². The summed E-state index contributed by atoms with van der Waals surface area (Å²) >= 11 is 0. The summed E-state index contributed by atoms with van der Waals surface area (Å²) in [6.07, 6.45) is 18.1. The number of hydrogen-bond acceptors (Lipinski definition) is 4. The molecular weight excluding hydrogens is 316 g/mol. The Labute approximate surface area is 155 Å². The highest BCUT2D eigenvalue weighted by atomic mass is 16.5. The average molecular weight is 359 g/mol. The standard InChI is InChI=1S/C21H42O4/c1-3-4-5-6-7-8-9-10-11-12-13-14-15-16-17-24-18-21(23)19-25-20(2)22/h21,23H,3-19H2,1-2H3/t21-/m1/s1. The molecular formula is C21H42O4. The van der Waals surface area contributed by atoms with Gasteiger partial charge in [0, 0.05) is 13.5 Å². The van der Waals surface area contributed by atoms with Crippen molar-refractivity contribution in [2.24, 2.45) is 0 Å². The Morgan fingerprint density at radius 1 is 0.760 bits per heavy atom. The van der Waals surface area contributed by atoms with Gasteiger partial charge >= 0.3 is 5.97 Å². The van der Waals surface area contributed by atoms with E-state index < -0.39 is 6.10 Å². The predicted molar refractivity (Wildman–Crippen MR) is 104 cm³/mol. The minimum atomic E-state index is -0.712. The second kappa shape index (κ2) is 19.7. The van der Waals surface area contributed by atoms with E-state index in [0.717, 1.165) is 6.42 Å². The third-order valence-corrected chi connectivity index (χ3v) is 4.43. The molecule has 0 saturated heterocycles. The van der Waals surface area contributed by atoms with Crippen LogP contribution in [0.5, 0.6) is 0 Å². The third-order valence-electron chi connectivity index (χ3n) is 4.43. The molecule has 0 spiro atoms. The lowest BCUT2D eigenvalue weighted by Crippen LogP contribution is -2.23. The van der Waals surface area contributed by atoms with Crippen LogP contribution in [0.15, 0.2) is 0 Å². The Morgan fingerprint density at radius 3 is 1.64 bits per heavy atom. The Hall–Kier alpha value is -0.610. The molecule has 0 saturated carbocycles. The summed E-state index contributed by atoms with van der Waals surface area (Å²) in [4.78, 5) is 10.6. The molecule has 0 rings (SSSR count). The maximum absolute atomic E-state index is 10.6. The van der Waals surface area contributed by atoms with Gasteiger partial charge in [0.1, 0.15) is 12.7 Å². The normalized spacial score (nSPS) is 12.3.